The van der Waals surface area contributed by atoms with E-state index in [9.17, 15) is 4.79 Å². The van der Waals surface area contributed by atoms with Crippen LogP contribution in [0.25, 0.3) is 0 Å². The van der Waals surface area contributed by atoms with E-state index in [1.54, 1.807) is 11.8 Å². The molecule has 0 fully saturated rings. The van der Waals surface area contributed by atoms with Gasteiger partial charge in [0.15, 0.2) is 0 Å². The number of likely N-dealkylation sites (N-methyl/N-ethyl adjacent to an activating group) is 1. The van der Waals surface area contributed by atoms with Crippen LogP contribution in [-0.4, -0.2) is 30.7 Å². The molecule has 0 spiro atoms. The summed E-state index contributed by atoms with van der Waals surface area (Å²) in [7, 11) is 1.95. The Morgan fingerprint density at radius 1 is 1.23 bits per heavy atom. The van der Waals surface area contributed by atoms with Crippen molar-refractivity contribution in [2.24, 2.45) is 0 Å². The zero-order valence-corrected chi connectivity index (χ0v) is 15.1. The van der Waals surface area contributed by atoms with Crippen molar-refractivity contribution in [1.29, 1.82) is 0 Å². The maximum Gasteiger partial charge on any atom is 0.238 e. The molecule has 0 unspecified atom stereocenters. The largest absolute Gasteiger partial charge is 0.325 e. The average molecular weight is 379 g/mol. The highest BCUT2D eigenvalue weighted by atomic mass is 79.9. The number of halogens is 1. The number of benzene rings is 2. The van der Waals surface area contributed by atoms with Crippen LogP contribution in [0.3, 0.4) is 0 Å². The molecule has 1 N–H and O–H groups in total. The lowest BCUT2D eigenvalue weighted by Gasteiger charge is -2.16. The zero-order valence-electron chi connectivity index (χ0n) is 12.7. The molecule has 0 atom stereocenters. The molecule has 0 saturated heterocycles. The summed E-state index contributed by atoms with van der Waals surface area (Å²) in [6.07, 6.45) is 2.06. The number of nitrogens with zero attached hydrogens (tertiary/aromatic N) is 1. The molecule has 2 aromatic carbocycles. The Morgan fingerprint density at radius 3 is 2.59 bits per heavy atom. The number of hydrogen-bond donors (Lipinski definition) is 1. The van der Waals surface area contributed by atoms with E-state index >= 15 is 0 Å². The molecule has 0 saturated carbocycles. The minimum absolute atomic E-state index is 0.0127. The number of anilines is 1. The molecule has 116 valence electrons. The molecular weight excluding hydrogens is 360 g/mol. The molecule has 0 aliphatic carbocycles. The number of thioether (sulfide) groups is 1. The fourth-order valence-electron chi connectivity index (χ4n) is 2.11. The third-order valence-electron chi connectivity index (χ3n) is 3.13. The number of amides is 1. The van der Waals surface area contributed by atoms with Crippen molar-refractivity contribution in [2.45, 2.75) is 11.4 Å². The summed E-state index contributed by atoms with van der Waals surface area (Å²) in [5.74, 6) is -0.0127. The fourth-order valence-corrected chi connectivity index (χ4v) is 2.92. The number of hydrogen-bond acceptors (Lipinski definition) is 3. The van der Waals surface area contributed by atoms with Crippen molar-refractivity contribution in [1.82, 2.24) is 4.90 Å². The Hall–Kier alpha value is -1.30. The molecular formula is C17H19BrN2OS. The third-order valence-corrected chi connectivity index (χ3v) is 4.37. The molecule has 2 rings (SSSR count). The van der Waals surface area contributed by atoms with Gasteiger partial charge in [-0.25, -0.2) is 0 Å². The summed E-state index contributed by atoms with van der Waals surface area (Å²) >= 11 is 5.12. The molecule has 2 aromatic rings. The first kappa shape index (κ1) is 17.1. The molecule has 3 nitrogen and oxygen atoms in total. The van der Waals surface area contributed by atoms with Crippen LogP contribution in [0.5, 0.6) is 0 Å². The summed E-state index contributed by atoms with van der Waals surface area (Å²) in [6.45, 7) is 1.11. The summed E-state index contributed by atoms with van der Waals surface area (Å²) in [5, 5.41) is 2.90. The Morgan fingerprint density at radius 2 is 1.95 bits per heavy atom. The fraction of sp³-hybridized carbons (Fsp3) is 0.235. The highest BCUT2D eigenvalue weighted by Gasteiger charge is 2.08. The lowest BCUT2D eigenvalue weighted by Crippen LogP contribution is -2.29. The molecule has 1 amide bonds. The van der Waals surface area contributed by atoms with Gasteiger partial charge in [-0.15, -0.1) is 11.8 Å². The number of nitrogens with one attached hydrogen (secondary N) is 1. The van der Waals surface area contributed by atoms with Crippen LogP contribution >= 0.6 is 27.7 Å². The second kappa shape index (κ2) is 8.36. The van der Waals surface area contributed by atoms with E-state index in [2.05, 4.69) is 51.8 Å². The predicted octanol–water partition coefficient (Wildman–Crippen LogP) is 4.24. The highest BCUT2D eigenvalue weighted by Crippen LogP contribution is 2.16. The van der Waals surface area contributed by atoms with Crippen molar-refractivity contribution in [3.63, 3.8) is 0 Å². The first-order valence-corrected chi connectivity index (χ1v) is 8.95. The first-order chi connectivity index (χ1) is 10.6. The minimum Gasteiger partial charge on any atom is -0.325 e. The second-order valence-corrected chi connectivity index (χ2v) is 6.87. The van der Waals surface area contributed by atoms with Crippen LogP contribution in [0.4, 0.5) is 5.69 Å². The van der Waals surface area contributed by atoms with Gasteiger partial charge in [0.25, 0.3) is 0 Å². The maximum absolute atomic E-state index is 12.1. The van der Waals surface area contributed by atoms with Gasteiger partial charge in [0.1, 0.15) is 0 Å². The van der Waals surface area contributed by atoms with E-state index in [-0.39, 0.29) is 5.91 Å². The average Bonchev–Trinajstić information content (AvgIpc) is 2.47. The van der Waals surface area contributed by atoms with Crippen LogP contribution in [0, 0.1) is 0 Å². The van der Waals surface area contributed by atoms with Gasteiger partial charge in [0.2, 0.25) is 5.91 Å². The SMILES string of the molecule is CSc1ccc(CN(C)CC(=O)Nc2cccc(Br)c2)cc1. The Bertz CT molecular complexity index is 631. The minimum atomic E-state index is -0.0127. The van der Waals surface area contributed by atoms with Crippen LogP contribution in [0.1, 0.15) is 5.56 Å². The monoisotopic (exact) mass is 378 g/mol. The Labute approximate surface area is 144 Å². The van der Waals surface area contributed by atoms with Gasteiger partial charge in [0, 0.05) is 21.6 Å². The van der Waals surface area contributed by atoms with Crippen molar-refractivity contribution in [3.8, 4) is 0 Å². The lowest BCUT2D eigenvalue weighted by atomic mass is 10.2. The maximum atomic E-state index is 12.1. The lowest BCUT2D eigenvalue weighted by molar-refractivity contribution is -0.117. The topological polar surface area (TPSA) is 32.3 Å². The number of rotatable bonds is 6. The van der Waals surface area contributed by atoms with E-state index in [0.29, 0.717) is 6.54 Å². The van der Waals surface area contributed by atoms with E-state index < -0.39 is 0 Å². The number of carbonyl (C=O) groups is 1. The smallest absolute Gasteiger partial charge is 0.238 e. The van der Waals surface area contributed by atoms with E-state index in [4.69, 9.17) is 0 Å². The second-order valence-electron chi connectivity index (χ2n) is 5.08. The van der Waals surface area contributed by atoms with Crippen LogP contribution < -0.4 is 5.32 Å². The normalized spacial score (nSPS) is 10.7. The molecule has 22 heavy (non-hydrogen) atoms. The molecule has 0 aromatic heterocycles. The molecule has 0 radical (unpaired) electrons. The van der Waals surface area contributed by atoms with Gasteiger partial charge in [-0.05, 0) is 49.2 Å². The summed E-state index contributed by atoms with van der Waals surface area (Å²) < 4.78 is 0.951. The standard InChI is InChI=1S/C17H19BrN2OS/c1-20(11-13-6-8-16(22-2)9-7-13)12-17(21)19-15-5-3-4-14(18)10-15/h3-10H,11-12H2,1-2H3,(H,19,21). The van der Waals surface area contributed by atoms with Gasteiger partial charge >= 0.3 is 0 Å². The van der Waals surface area contributed by atoms with E-state index in [1.165, 1.54) is 10.5 Å². The quantitative estimate of drug-likeness (QED) is 0.762. The molecule has 0 aliphatic heterocycles. The highest BCUT2D eigenvalue weighted by molar-refractivity contribution is 9.10. The van der Waals surface area contributed by atoms with Crippen LogP contribution in [0.2, 0.25) is 0 Å². The molecule has 0 aliphatic rings. The van der Waals surface area contributed by atoms with Crippen molar-refractivity contribution >= 4 is 39.3 Å². The van der Waals surface area contributed by atoms with Crippen molar-refractivity contribution in [2.75, 3.05) is 25.2 Å². The Kier molecular flexibility index (Phi) is 6.49. The van der Waals surface area contributed by atoms with Gasteiger partial charge in [0.05, 0.1) is 6.54 Å². The zero-order chi connectivity index (χ0) is 15.9. The van der Waals surface area contributed by atoms with Gasteiger partial charge in [-0.3, -0.25) is 9.69 Å². The summed E-state index contributed by atoms with van der Waals surface area (Å²) in [5.41, 5.74) is 2.01. The van der Waals surface area contributed by atoms with E-state index in [1.807, 2.05) is 36.2 Å². The van der Waals surface area contributed by atoms with Crippen molar-refractivity contribution < 1.29 is 4.79 Å². The molecule has 0 heterocycles. The molecule has 5 heteroatoms. The number of carbonyl (C=O) groups excluding carboxylic acids is 1. The Balaban J connectivity index is 1.85. The van der Waals surface area contributed by atoms with Gasteiger partial charge in [-0.1, -0.05) is 34.1 Å². The predicted molar refractivity (Wildman–Crippen MR) is 97.3 cm³/mol. The summed E-state index contributed by atoms with van der Waals surface area (Å²) in [6, 6.07) is 16.0. The third kappa shape index (κ3) is 5.48. The first-order valence-electron chi connectivity index (χ1n) is 6.93. The van der Waals surface area contributed by atoms with Gasteiger partial charge in [-0.2, -0.15) is 0 Å². The molecule has 0 bridgehead atoms. The van der Waals surface area contributed by atoms with Crippen molar-refractivity contribution in [3.05, 3.63) is 58.6 Å². The van der Waals surface area contributed by atoms with Gasteiger partial charge < -0.3 is 5.32 Å². The van der Waals surface area contributed by atoms with Crippen LogP contribution in [-0.2, 0) is 11.3 Å². The summed E-state index contributed by atoms with van der Waals surface area (Å²) in [4.78, 5) is 15.3. The van der Waals surface area contributed by atoms with Crippen LogP contribution in [0.15, 0.2) is 57.9 Å². The van der Waals surface area contributed by atoms with E-state index in [0.717, 1.165) is 16.7 Å².